The van der Waals surface area contributed by atoms with Crippen molar-refractivity contribution in [2.45, 2.75) is 26.3 Å². The Balaban J connectivity index is 1.67. The number of amides is 1. The van der Waals surface area contributed by atoms with E-state index in [0.717, 1.165) is 27.6 Å². The van der Waals surface area contributed by atoms with Crippen molar-refractivity contribution in [3.05, 3.63) is 65.4 Å². The molecule has 0 aliphatic carbocycles. The summed E-state index contributed by atoms with van der Waals surface area (Å²) in [4.78, 5) is 27.8. The molecule has 1 heterocycles. The van der Waals surface area contributed by atoms with E-state index in [1.165, 1.54) is 7.11 Å². The Bertz CT molecular complexity index is 993. The van der Waals surface area contributed by atoms with Crippen LogP contribution >= 0.6 is 0 Å². The SMILES string of the molecule is COC(=O)C(Cc1c[nH]c2ccccc12)NC(=O)COc1cc(C)ccc1C. The van der Waals surface area contributed by atoms with Gasteiger partial charge in [0.05, 0.1) is 7.11 Å². The van der Waals surface area contributed by atoms with Crippen molar-refractivity contribution in [3.8, 4) is 5.75 Å². The average molecular weight is 380 g/mol. The van der Waals surface area contributed by atoms with Gasteiger partial charge >= 0.3 is 5.97 Å². The Morgan fingerprint density at radius 3 is 2.71 bits per heavy atom. The lowest BCUT2D eigenvalue weighted by atomic mass is 10.0. The van der Waals surface area contributed by atoms with E-state index in [2.05, 4.69) is 10.3 Å². The Labute approximate surface area is 163 Å². The number of carbonyl (C=O) groups excluding carboxylic acids is 2. The monoisotopic (exact) mass is 380 g/mol. The number of aromatic nitrogens is 1. The largest absolute Gasteiger partial charge is 0.483 e. The van der Waals surface area contributed by atoms with Crippen LogP contribution in [0.5, 0.6) is 5.75 Å². The van der Waals surface area contributed by atoms with Gasteiger partial charge in [-0.3, -0.25) is 4.79 Å². The van der Waals surface area contributed by atoms with Gasteiger partial charge in [-0.1, -0.05) is 30.3 Å². The third-order valence-corrected chi connectivity index (χ3v) is 4.62. The van der Waals surface area contributed by atoms with Crippen molar-refractivity contribution < 1.29 is 19.1 Å². The van der Waals surface area contributed by atoms with Gasteiger partial charge in [0.2, 0.25) is 0 Å². The fourth-order valence-corrected chi connectivity index (χ4v) is 3.10. The van der Waals surface area contributed by atoms with Crippen molar-refractivity contribution in [2.24, 2.45) is 0 Å². The van der Waals surface area contributed by atoms with E-state index in [9.17, 15) is 9.59 Å². The second kappa shape index (κ2) is 8.61. The molecule has 3 aromatic rings. The number of hydrogen-bond acceptors (Lipinski definition) is 4. The third kappa shape index (κ3) is 4.52. The van der Waals surface area contributed by atoms with E-state index in [1.54, 1.807) is 0 Å². The fraction of sp³-hybridized carbons (Fsp3) is 0.273. The second-order valence-electron chi connectivity index (χ2n) is 6.76. The summed E-state index contributed by atoms with van der Waals surface area (Å²) in [5, 5.41) is 3.73. The number of benzene rings is 2. The highest BCUT2D eigenvalue weighted by atomic mass is 16.5. The molecule has 0 saturated heterocycles. The van der Waals surface area contributed by atoms with Gasteiger partial charge in [0.1, 0.15) is 11.8 Å². The molecule has 0 aliphatic rings. The van der Waals surface area contributed by atoms with Crippen LogP contribution in [-0.4, -0.2) is 36.6 Å². The smallest absolute Gasteiger partial charge is 0.328 e. The number of para-hydroxylation sites is 1. The second-order valence-corrected chi connectivity index (χ2v) is 6.76. The number of fused-ring (bicyclic) bond motifs is 1. The molecule has 0 fully saturated rings. The number of aromatic amines is 1. The van der Waals surface area contributed by atoms with Crippen LogP contribution < -0.4 is 10.1 Å². The Kier molecular flexibility index (Phi) is 5.99. The summed E-state index contributed by atoms with van der Waals surface area (Å²) in [6.45, 7) is 3.70. The van der Waals surface area contributed by atoms with Gasteiger partial charge in [-0.25, -0.2) is 4.79 Å². The summed E-state index contributed by atoms with van der Waals surface area (Å²) >= 11 is 0. The van der Waals surface area contributed by atoms with Crippen molar-refractivity contribution in [1.82, 2.24) is 10.3 Å². The van der Waals surface area contributed by atoms with Gasteiger partial charge in [0.25, 0.3) is 5.91 Å². The van der Waals surface area contributed by atoms with Crippen LogP contribution in [-0.2, 0) is 20.7 Å². The molecule has 1 unspecified atom stereocenters. The van der Waals surface area contributed by atoms with E-state index < -0.39 is 12.0 Å². The molecule has 3 rings (SSSR count). The standard InChI is InChI=1S/C22H24N2O4/c1-14-8-9-15(2)20(10-14)28-13-21(25)24-19(22(26)27-3)11-16-12-23-18-7-5-4-6-17(16)18/h4-10,12,19,23H,11,13H2,1-3H3,(H,24,25). The van der Waals surface area contributed by atoms with E-state index in [0.29, 0.717) is 12.2 Å². The molecule has 0 radical (unpaired) electrons. The number of hydrogen-bond donors (Lipinski definition) is 2. The molecule has 1 aromatic heterocycles. The fourth-order valence-electron chi connectivity index (χ4n) is 3.10. The summed E-state index contributed by atoms with van der Waals surface area (Å²) < 4.78 is 10.5. The normalized spacial score (nSPS) is 11.8. The van der Waals surface area contributed by atoms with E-state index in [1.807, 2.05) is 62.5 Å². The summed E-state index contributed by atoms with van der Waals surface area (Å²) in [6, 6.07) is 12.8. The van der Waals surface area contributed by atoms with E-state index in [-0.39, 0.29) is 12.5 Å². The summed E-state index contributed by atoms with van der Waals surface area (Å²) in [6.07, 6.45) is 2.17. The molecular weight excluding hydrogens is 356 g/mol. The molecule has 1 amide bonds. The quantitative estimate of drug-likeness (QED) is 0.618. The minimum absolute atomic E-state index is 0.175. The molecule has 28 heavy (non-hydrogen) atoms. The maximum atomic E-state index is 12.4. The summed E-state index contributed by atoms with van der Waals surface area (Å²) in [7, 11) is 1.31. The highest BCUT2D eigenvalue weighted by molar-refractivity contribution is 5.87. The molecule has 2 N–H and O–H groups in total. The van der Waals surface area contributed by atoms with E-state index >= 15 is 0 Å². The number of esters is 1. The number of carbonyl (C=O) groups is 2. The van der Waals surface area contributed by atoms with Crippen LogP contribution in [0.1, 0.15) is 16.7 Å². The van der Waals surface area contributed by atoms with Gasteiger partial charge in [-0.05, 0) is 42.7 Å². The lowest BCUT2D eigenvalue weighted by Gasteiger charge is -2.17. The maximum absolute atomic E-state index is 12.4. The minimum atomic E-state index is -0.793. The Morgan fingerprint density at radius 2 is 1.93 bits per heavy atom. The molecule has 6 heteroatoms. The summed E-state index contributed by atoms with van der Waals surface area (Å²) in [5.74, 6) is -0.220. The molecular formula is C22H24N2O4. The van der Waals surface area contributed by atoms with Gasteiger partial charge in [0, 0.05) is 23.5 Å². The van der Waals surface area contributed by atoms with Gasteiger partial charge < -0.3 is 19.8 Å². The van der Waals surface area contributed by atoms with Crippen LogP contribution in [0.25, 0.3) is 10.9 Å². The van der Waals surface area contributed by atoms with Gasteiger partial charge in [-0.15, -0.1) is 0 Å². The number of rotatable bonds is 7. The number of nitrogens with one attached hydrogen (secondary N) is 2. The first-order valence-electron chi connectivity index (χ1n) is 9.10. The lowest BCUT2D eigenvalue weighted by molar-refractivity contribution is -0.145. The van der Waals surface area contributed by atoms with E-state index in [4.69, 9.17) is 9.47 Å². The third-order valence-electron chi connectivity index (χ3n) is 4.62. The molecule has 0 bridgehead atoms. The predicted molar refractivity (Wildman–Crippen MR) is 107 cm³/mol. The van der Waals surface area contributed by atoms with Crippen LogP contribution in [0, 0.1) is 13.8 Å². The average Bonchev–Trinajstić information content (AvgIpc) is 3.10. The number of ether oxygens (including phenoxy) is 2. The molecule has 0 saturated carbocycles. The number of methoxy groups -OCH3 is 1. The van der Waals surface area contributed by atoms with Gasteiger partial charge in [0.15, 0.2) is 6.61 Å². The zero-order valence-electron chi connectivity index (χ0n) is 16.2. The maximum Gasteiger partial charge on any atom is 0.328 e. The highest BCUT2D eigenvalue weighted by Crippen LogP contribution is 2.20. The topological polar surface area (TPSA) is 80.4 Å². The molecule has 6 nitrogen and oxygen atoms in total. The minimum Gasteiger partial charge on any atom is -0.483 e. The summed E-state index contributed by atoms with van der Waals surface area (Å²) in [5.41, 5.74) is 3.90. The first kappa shape index (κ1) is 19.5. The van der Waals surface area contributed by atoms with Crippen LogP contribution in [0.3, 0.4) is 0 Å². The number of aryl methyl sites for hydroxylation is 2. The number of H-pyrrole nitrogens is 1. The van der Waals surface area contributed by atoms with Crippen molar-refractivity contribution in [2.75, 3.05) is 13.7 Å². The zero-order valence-corrected chi connectivity index (χ0v) is 16.2. The van der Waals surface area contributed by atoms with Crippen LogP contribution in [0.4, 0.5) is 0 Å². The van der Waals surface area contributed by atoms with Gasteiger partial charge in [-0.2, -0.15) is 0 Å². The molecule has 0 aliphatic heterocycles. The van der Waals surface area contributed by atoms with Crippen molar-refractivity contribution in [3.63, 3.8) is 0 Å². The molecule has 1 atom stereocenters. The van der Waals surface area contributed by atoms with Crippen LogP contribution in [0.2, 0.25) is 0 Å². The molecule has 0 spiro atoms. The molecule has 146 valence electrons. The van der Waals surface area contributed by atoms with Crippen molar-refractivity contribution >= 4 is 22.8 Å². The Hall–Kier alpha value is -3.28. The lowest BCUT2D eigenvalue weighted by Crippen LogP contribution is -2.44. The molecule has 2 aromatic carbocycles. The van der Waals surface area contributed by atoms with Crippen molar-refractivity contribution in [1.29, 1.82) is 0 Å². The zero-order chi connectivity index (χ0) is 20.1. The Morgan fingerprint density at radius 1 is 1.14 bits per heavy atom. The predicted octanol–water partition coefficient (Wildman–Crippen LogP) is 3.06. The highest BCUT2D eigenvalue weighted by Gasteiger charge is 2.23. The first-order valence-corrected chi connectivity index (χ1v) is 9.10. The first-order chi connectivity index (χ1) is 13.5. The van der Waals surface area contributed by atoms with Crippen LogP contribution in [0.15, 0.2) is 48.7 Å².